The average molecular weight is 320 g/mol. The maximum Gasteiger partial charge on any atom is 0.331 e. The molecule has 0 unspecified atom stereocenters. The van der Waals surface area contributed by atoms with E-state index in [-0.39, 0.29) is 12.0 Å². The van der Waals surface area contributed by atoms with Gasteiger partial charge in [-0.05, 0) is 31.2 Å². The number of rotatable bonds is 5. The molecule has 6 heteroatoms. The van der Waals surface area contributed by atoms with E-state index >= 15 is 0 Å². The first-order valence-electron chi connectivity index (χ1n) is 7.40. The summed E-state index contributed by atoms with van der Waals surface area (Å²) in [6.45, 7) is 5.59. The lowest BCUT2D eigenvalue weighted by Crippen LogP contribution is -2.09. The van der Waals surface area contributed by atoms with Crippen LogP contribution in [0.15, 0.2) is 60.8 Å². The lowest BCUT2D eigenvalue weighted by atomic mass is 10.2. The van der Waals surface area contributed by atoms with Gasteiger partial charge in [-0.15, -0.1) is 10.2 Å². The second kappa shape index (κ2) is 6.45. The first kappa shape index (κ1) is 15.6. The first-order chi connectivity index (χ1) is 11.6. The molecule has 0 bridgehead atoms. The Hall–Kier alpha value is -3.28. The van der Waals surface area contributed by atoms with Crippen LogP contribution < -0.4 is 0 Å². The van der Waals surface area contributed by atoms with Gasteiger partial charge in [0.05, 0.1) is 0 Å². The van der Waals surface area contributed by atoms with Crippen LogP contribution in [0.3, 0.4) is 0 Å². The van der Waals surface area contributed by atoms with Gasteiger partial charge in [0.1, 0.15) is 11.5 Å². The lowest BCUT2D eigenvalue weighted by Gasteiger charge is -2.10. The zero-order valence-corrected chi connectivity index (χ0v) is 13.2. The highest BCUT2D eigenvalue weighted by atomic mass is 16.4. The Morgan fingerprint density at radius 2 is 1.92 bits per heavy atom. The van der Waals surface area contributed by atoms with Crippen LogP contribution in [-0.2, 0) is 11.2 Å². The number of carboxylic acid groups (broad SMARTS) is 1. The fourth-order valence-electron chi connectivity index (χ4n) is 2.32. The molecule has 0 saturated heterocycles. The molecule has 0 radical (unpaired) electrons. The van der Waals surface area contributed by atoms with Crippen LogP contribution >= 0.6 is 0 Å². The molecule has 0 saturated carbocycles. The minimum absolute atomic E-state index is 0.0586. The van der Waals surface area contributed by atoms with E-state index in [0.29, 0.717) is 17.3 Å². The van der Waals surface area contributed by atoms with Gasteiger partial charge < -0.3 is 5.11 Å². The van der Waals surface area contributed by atoms with Crippen molar-refractivity contribution in [2.45, 2.75) is 13.3 Å². The zero-order chi connectivity index (χ0) is 17.1. The van der Waals surface area contributed by atoms with Gasteiger partial charge >= 0.3 is 5.97 Å². The smallest absolute Gasteiger partial charge is 0.331 e. The van der Waals surface area contributed by atoms with Gasteiger partial charge in [0.2, 0.25) is 0 Å². The lowest BCUT2D eigenvalue weighted by molar-refractivity contribution is -0.132. The number of carboxylic acids is 1. The minimum Gasteiger partial charge on any atom is -0.478 e. The fraction of sp³-hybridized carbons (Fsp3) is 0.111. The number of aliphatic carboxylic acids is 1. The van der Waals surface area contributed by atoms with Crippen LogP contribution in [0.5, 0.6) is 0 Å². The molecule has 120 valence electrons. The molecule has 3 rings (SSSR count). The summed E-state index contributed by atoms with van der Waals surface area (Å²) in [7, 11) is 0. The van der Waals surface area contributed by atoms with Crippen molar-refractivity contribution in [3.63, 3.8) is 0 Å². The highest BCUT2D eigenvalue weighted by Gasteiger charge is 2.18. The van der Waals surface area contributed by atoms with Gasteiger partial charge in [-0.3, -0.25) is 9.55 Å². The molecule has 0 aliphatic heterocycles. The largest absolute Gasteiger partial charge is 0.478 e. The maximum absolute atomic E-state index is 11.1. The Kier molecular flexibility index (Phi) is 4.20. The standard InChI is InChI=1S/C18H16N4O2/c1-12-6-8-14(9-7-12)22-16(11-13(2)18(23)24)20-21-17(22)15-5-3-4-10-19-15/h3-10H,2,11H2,1H3,(H,23,24). The molecule has 24 heavy (non-hydrogen) atoms. The van der Waals surface area contributed by atoms with Gasteiger partial charge in [0.25, 0.3) is 0 Å². The van der Waals surface area contributed by atoms with Crippen molar-refractivity contribution >= 4 is 5.97 Å². The van der Waals surface area contributed by atoms with E-state index in [0.717, 1.165) is 11.3 Å². The third-order valence-electron chi connectivity index (χ3n) is 3.59. The van der Waals surface area contributed by atoms with E-state index in [1.807, 2.05) is 54.0 Å². The maximum atomic E-state index is 11.1. The molecule has 0 fully saturated rings. The second-order valence-corrected chi connectivity index (χ2v) is 5.41. The third-order valence-corrected chi connectivity index (χ3v) is 3.59. The van der Waals surface area contributed by atoms with Crippen LogP contribution in [-0.4, -0.2) is 30.8 Å². The fourth-order valence-corrected chi connectivity index (χ4v) is 2.32. The molecule has 0 spiro atoms. The molecule has 1 aromatic carbocycles. The number of aryl methyl sites for hydroxylation is 1. The van der Waals surface area contributed by atoms with Crippen molar-refractivity contribution in [1.82, 2.24) is 19.7 Å². The summed E-state index contributed by atoms with van der Waals surface area (Å²) in [5, 5.41) is 17.5. The Balaban J connectivity index is 2.13. The Labute approximate surface area is 139 Å². The normalized spacial score (nSPS) is 10.5. The number of aromatic nitrogens is 4. The average Bonchev–Trinajstić information content (AvgIpc) is 3.00. The molecule has 0 aliphatic carbocycles. The molecule has 2 heterocycles. The highest BCUT2D eigenvalue weighted by Crippen LogP contribution is 2.22. The van der Waals surface area contributed by atoms with Crippen LogP contribution in [0.25, 0.3) is 17.2 Å². The van der Waals surface area contributed by atoms with E-state index < -0.39 is 5.97 Å². The monoisotopic (exact) mass is 320 g/mol. The molecule has 2 aromatic heterocycles. The van der Waals surface area contributed by atoms with E-state index in [1.165, 1.54) is 0 Å². The highest BCUT2D eigenvalue weighted by molar-refractivity contribution is 5.86. The molecule has 1 N–H and O–H groups in total. The molecule has 0 amide bonds. The van der Waals surface area contributed by atoms with E-state index in [1.54, 1.807) is 6.20 Å². The van der Waals surface area contributed by atoms with E-state index in [4.69, 9.17) is 5.11 Å². The number of hydrogen-bond donors (Lipinski definition) is 1. The third kappa shape index (κ3) is 3.08. The minimum atomic E-state index is -1.05. The molecular formula is C18H16N4O2. The van der Waals surface area contributed by atoms with Crippen LogP contribution in [0.1, 0.15) is 11.4 Å². The Morgan fingerprint density at radius 3 is 2.54 bits per heavy atom. The van der Waals surface area contributed by atoms with Crippen molar-refractivity contribution in [2.75, 3.05) is 0 Å². The van der Waals surface area contributed by atoms with Gasteiger partial charge in [0.15, 0.2) is 5.82 Å². The van der Waals surface area contributed by atoms with Gasteiger partial charge in [-0.2, -0.15) is 0 Å². The molecule has 6 nitrogen and oxygen atoms in total. The topological polar surface area (TPSA) is 80.9 Å². The summed E-state index contributed by atoms with van der Waals surface area (Å²) in [5.74, 6) is 0.0207. The summed E-state index contributed by atoms with van der Waals surface area (Å²) in [6, 6.07) is 13.4. The van der Waals surface area contributed by atoms with E-state index in [9.17, 15) is 4.79 Å². The number of pyridine rings is 1. The van der Waals surface area contributed by atoms with E-state index in [2.05, 4.69) is 21.8 Å². The quantitative estimate of drug-likeness (QED) is 0.731. The number of benzene rings is 1. The number of nitrogens with zero attached hydrogens (tertiary/aromatic N) is 4. The Morgan fingerprint density at radius 1 is 1.17 bits per heavy atom. The van der Waals surface area contributed by atoms with Gasteiger partial charge in [0, 0.05) is 23.9 Å². The summed E-state index contributed by atoms with van der Waals surface area (Å²) in [4.78, 5) is 15.4. The second-order valence-electron chi connectivity index (χ2n) is 5.41. The van der Waals surface area contributed by atoms with Gasteiger partial charge in [-0.25, -0.2) is 4.79 Å². The summed E-state index contributed by atoms with van der Waals surface area (Å²) < 4.78 is 1.82. The predicted molar refractivity (Wildman–Crippen MR) is 89.8 cm³/mol. The Bertz CT molecular complexity index is 883. The molecule has 3 aromatic rings. The van der Waals surface area contributed by atoms with Crippen LogP contribution in [0.4, 0.5) is 0 Å². The van der Waals surface area contributed by atoms with Crippen molar-refractivity contribution in [3.8, 4) is 17.2 Å². The van der Waals surface area contributed by atoms with Crippen LogP contribution in [0, 0.1) is 6.92 Å². The van der Waals surface area contributed by atoms with Gasteiger partial charge in [-0.1, -0.05) is 30.3 Å². The van der Waals surface area contributed by atoms with Crippen molar-refractivity contribution < 1.29 is 9.90 Å². The van der Waals surface area contributed by atoms with Crippen LogP contribution in [0.2, 0.25) is 0 Å². The molecule has 0 atom stereocenters. The van der Waals surface area contributed by atoms with Crippen molar-refractivity contribution in [1.29, 1.82) is 0 Å². The number of carbonyl (C=O) groups is 1. The molecular weight excluding hydrogens is 304 g/mol. The first-order valence-corrected chi connectivity index (χ1v) is 7.40. The summed E-state index contributed by atoms with van der Waals surface area (Å²) in [5.41, 5.74) is 2.70. The molecule has 0 aliphatic rings. The number of hydrogen-bond acceptors (Lipinski definition) is 4. The summed E-state index contributed by atoms with van der Waals surface area (Å²) >= 11 is 0. The SMILES string of the molecule is C=C(Cc1nnc(-c2ccccn2)n1-c1ccc(C)cc1)C(=O)O. The zero-order valence-electron chi connectivity index (χ0n) is 13.2. The van der Waals surface area contributed by atoms with Crippen molar-refractivity contribution in [3.05, 3.63) is 72.2 Å². The van der Waals surface area contributed by atoms with Crippen molar-refractivity contribution in [2.24, 2.45) is 0 Å². The summed E-state index contributed by atoms with van der Waals surface area (Å²) in [6.07, 6.45) is 1.78. The predicted octanol–water partition coefficient (Wildman–Crippen LogP) is 2.82.